The van der Waals surface area contributed by atoms with E-state index in [-0.39, 0.29) is 17.6 Å². The number of anilines is 1. The third-order valence-electron chi connectivity index (χ3n) is 6.49. The molecule has 0 aromatic heterocycles. The summed E-state index contributed by atoms with van der Waals surface area (Å²) in [6.45, 7) is 0.549. The molecule has 1 unspecified atom stereocenters. The number of benzene rings is 3. The van der Waals surface area contributed by atoms with Gasteiger partial charge in [0.05, 0.1) is 31.0 Å². The van der Waals surface area contributed by atoms with Gasteiger partial charge in [0.2, 0.25) is 0 Å². The van der Waals surface area contributed by atoms with E-state index in [2.05, 4.69) is 5.32 Å². The monoisotopic (exact) mass is 557 g/mol. The van der Waals surface area contributed by atoms with Crippen LogP contribution in [0, 0.1) is 5.41 Å². The number of allylic oxidation sites excluding steroid dienone is 1. The van der Waals surface area contributed by atoms with Crippen molar-refractivity contribution in [2.45, 2.75) is 25.1 Å². The molecule has 3 aromatic carbocycles. The molecule has 4 rings (SSSR count). The lowest BCUT2D eigenvalue weighted by Crippen LogP contribution is -2.30. The molecule has 0 spiro atoms. The lowest BCUT2D eigenvalue weighted by atomic mass is 10.0. The van der Waals surface area contributed by atoms with E-state index in [9.17, 15) is 18.0 Å². The fraction of sp³-hybridized carbons (Fsp3) is 0.241. The molecule has 1 aliphatic rings. The number of nitrogens with zero attached hydrogens (tertiary/aromatic N) is 1. The van der Waals surface area contributed by atoms with Gasteiger partial charge in [0.25, 0.3) is 5.91 Å². The Kier molecular flexibility index (Phi) is 8.50. The van der Waals surface area contributed by atoms with Gasteiger partial charge in [0.15, 0.2) is 0 Å². The first kappa shape index (κ1) is 28.0. The Morgan fingerprint density at radius 2 is 1.74 bits per heavy atom. The van der Waals surface area contributed by atoms with Gasteiger partial charge >= 0.3 is 6.18 Å². The normalized spacial score (nSPS) is 15.7. The van der Waals surface area contributed by atoms with Crippen LogP contribution in [0.4, 0.5) is 18.9 Å². The minimum absolute atomic E-state index is 0.0181. The van der Waals surface area contributed by atoms with Crippen LogP contribution in [0.2, 0.25) is 5.02 Å². The number of carbonyl (C=O) groups is 1. The number of halogens is 4. The second-order valence-corrected chi connectivity index (χ2v) is 9.32. The predicted molar refractivity (Wildman–Crippen MR) is 146 cm³/mol. The van der Waals surface area contributed by atoms with Crippen molar-refractivity contribution in [1.82, 2.24) is 4.90 Å². The summed E-state index contributed by atoms with van der Waals surface area (Å²) < 4.78 is 50.4. The van der Waals surface area contributed by atoms with E-state index in [0.717, 1.165) is 18.4 Å². The van der Waals surface area contributed by atoms with Crippen LogP contribution in [-0.2, 0) is 0 Å². The van der Waals surface area contributed by atoms with Gasteiger partial charge in [-0.2, -0.15) is 13.2 Å². The molecule has 1 heterocycles. The zero-order valence-electron chi connectivity index (χ0n) is 21.3. The number of carbonyl (C=O) groups excluding carboxylic acids is 1. The van der Waals surface area contributed by atoms with Gasteiger partial charge in [-0.15, -0.1) is 0 Å². The van der Waals surface area contributed by atoms with E-state index in [1.807, 2.05) is 12.1 Å². The average molecular weight is 558 g/mol. The summed E-state index contributed by atoms with van der Waals surface area (Å²) in [4.78, 5) is 15.3. The number of likely N-dealkylation sites (tertiary alicyclic amines) is 1. The summed E-state index contributed by atoms with van der Waals surface area (Å²) in [5.74, 6) is 1.11. The quantitative estimate of drug-likeness (QED) is 0.284. The van der Waals surface area contributed by atoms with E-state index in [1.54, 1.807) is 73.7 Å². The van der Waals surface area contributed by atoms with Crippen molar-refractivity contribution < 1.29 is 27.4 Å². The number of alkyl halides is 3. The highest BCUT2D eigenvalue weighted by Crippen LogP contribution is 2.39. The van der Waals surface area contributed by atoms with Crippen molar-refractivity contribution in [3.05, 3.63) is 94.5 Å². The third-order valence-corrected chi connectivity index (χ3v) is 6.82. The van der Waals surface area contributed by atoms with Crippen LogP contribution >= 0.6 is 11.6 Å². The second-order valence-electron chi connectivity index (χ2n) is 8.92. The molecule has 0 saturated carbocycles. The Balaban J connectivity index is 1.63. The summed E-state index contributed by atoms with van der Waals surface area (Å²) in [7, 11) is 3.15. The summed E-state index contributed by atoms with van der Waals surface area (Å²) in [6, 6.07) is 18.1. The van der Waals surface area contributed by atoms with Crippen molar-refractivity contribution in [3.63, 3.8) is 0 Å². The largest absolute Gasteiger partial charge is 0.497 e. The zero-order chi connectivity index (χ0) is 28.2. The average Bonchev–Trinajstić information content (AvgIpc) is 3.42. The summed E-state index contributed by atoms with van der Waals surface area (Å²) in [5, 5.41) is 10.7. The number of rotatable bonds is 8. The zero-order valence-corrected chi connectivity index (χ0v) is 22.1. The van der Waals surface area contributed by atoms with Crippen molar-refractivity contribution in [3.8, 4) is 11.5 Å². The van der Waals surface area contributed by atoms with Gasteiger partial charge in [-0.05, 0) is 66.9 Å². The number of ether oxygens (including phenoxy) is 2. The molecule has 0 bridgehead atoms. The highest BCUT2D eigenvalue weighted by atomic mass is 35.5. The van der Waals surface area contributed by atoms with Crippen LogP contribution in [0.5, 0.6) is 11.5 Å². The number of amides is 1. The first-order valence-corrected chi connectivity index (χ1v) is 12.5. The Morgan fingerprint density at radius 3 is 2.38 bits per heavy atom. The first-order chi connectivity index (χ1) is 18.6. The molecule has 204 valence electrons. The SMILES string of the molecule is COc1ccc(OC)c(C2CCCN2C(=O)c2ccc(/C(=C/C(=N)C(F)(F)F)Nc3ccccc3Cl)cc2)c1. The molecule has 1 aliphatic heterocycles. The Bertz CT molecular complexity index is 1390. The lowest BCUT2D eigenvalue weighted by molar-refractivity contribution is -0.0583. The van der Waals surface area contributed by atoms with Gasteiger partial charge in [-0.25, -0.2) is 0 Å². The van der Waals surface area contributed by atoms with E-state index in [0.29, 0.717) is 46.0 Å². The molecule has 0 aliphatic carbocycles. The summed E-state index contributed by atoms with van der Waals surface area (Å²) >= 11 is 6.19. The summed E-state index contributed by atoms with van der Waals surface area (Å²) in [6.07, 6.45) is -2.56. The third kappa shape index (κ3) is 6.37. The molecule has 1 fully saturated rings. The molecular weight excluding hydrogens is 531 g/mol. The molecule has 0 radical (unpaired) electrons. The number of hydrogen-bond acceptors (Lipinski definition) is 5. The number of para-hydroxylation sites is 1. The van der Waals surface area contributed by atoms with E-state index in [4.69, 9.17) is 26.5 Å². The van der Waals surface area contributed by atoms with E-state index < -0.39 is 11.9 Å². The topological polar surface area (TPSA) is 74.7 Å². The van der Waals surface area contributed by atoms with Crippen molar-refractivity contribution >= 4 is 34.6 Å². The predicted octanol–water partition coefficient (Wildman–Crippen LogP) is 7.37. The minimum Gasteiger partial charge on any atom is -0.497 e. The van der Waals surface area contributed by atoms with E-state index >= 15 is 0 Å². The molecule has 6 nitrogen and oxygen atoms in total. The van der Waals surface area contributed by atoms with Crippen LogP contribution in [0.1, 0.15) is 40.4 Å². The Hall–Kier alpha value is -3.98. The van der Waals surface area contributed by atoms with Gasteiger partial charge in [0.1, 0.15) is 17.2 Å². The van der Waals surface area contributed by atoms with E-state index in [1.165, 1.54) is 0 Å². The van der Waals surface area contributed by atoms with Crippen molar-refractivity contribution in [1.29, 1.82) is 5.41 Å². The Morgan fingerprint density at radius 1 is 1.05 bits per heavy atom. The standard InChI is InChI=1S/C29H27ClF3N3O3/c1-38-20-13-14-26(39-2)21(16-20)25-8-5-15-36(25)28(37)19-11-9-18(10-12-19)24(17-27(34)29(31,32)33)35-23-7-4-3-6-22(23)30/h3-4,6-7,9-14,16-17,25,34-35H,5,8,15H2,1-2H3/b24-17-,34-27?. The van der Waals surface area contributed by atoms with Crippen LogP contribution in [-0.4, -0.2) is 43.5 Å². The fourth-order valence-electron chi connectivity index (χ4n) is 4.52. The maximum Gasteiger partial charge on any atom is 0.432 e. The van der Waals surface area contributed by atoms with Crippen molar-refractivity contribution in [2.75, 3.05) is 26.1 Å². The molecule has 1 amide bonds. The van der Waals surface area contributed by atoms with Gasteiger partial charge in [-0.1, -0.05) is 35.9 Å². The first-order valence-electron chi connectivity index (χ1n) is 12.1. The van der Waals surface area contributed by atoms with Crippen molar-refractivity contribution in [2.24, 2.45) is 0 Å². The van der Waals surface area contributed by atoms with Crippen LogP contribution in [0.3, 0.4) is 0 Å². The molecule has 2 N–H and O–H groups in total. The molecule has 39 heavy (non-hydrogen) atoms. The molecule has 3 aromatic rings. The summed E-state index contributed by atoms with van der Waals surface area (Å²) in [5.41, 5.74) is 0.462. The maximum absolute atomic E-state index is 13.5. The van der Waals surface area contributed by atoms with Crippen LogP contribution < -0.4 is 14.8 Å². The maximum atomic E-state index is 13.5. The minimum atomic E-state index is -4.82. The number of nitrogens with one attached hydrogen (secondary N) is 2. The van der Waals surface area contributed by atoms with Gasteiger partial charge in [0, 0.05) is 23.4 Å². The second kappa shape index (κ2) is 11.8. The molecule has 1 atom stereocenters. The Labute approximate surface area is 229 Å². The number of hydrogen-bond donors (Lipinski definition) is 2. The smallest absolute Gasteiger partial charge is 0.432 e. The fourth-order valence-corrected chi connectivity index (χ4v) is 4.70. The van der Waals surface area contributed by atoms with Gasteiger partial charge < -0.3 is 19.7 Å². The molecule has 10 heteroatoms. The van der Waals surface area contributed by atoms with Gasteiger partial charge in [-0.3, -0.25) is 10.2 Å². The number of methoxy groups -OCH3 is 2. The van der Waals surface area contributed by atoms with Crippen LogP contribution in [0.15, 0.2) is 72.8 Å². The molecule has 1 saturated heterocycles. The highest BCUT2D eigenvalue weighted by molar-refractivity contribution is 6.33. The molecular formula is C29H27ClF3N3O3. The highest BCUT2D eigenvalue weighted by Gasteiger charge is 2.34. The van der Waals surface area contributed by atoms with Crippen LogP contribution in [0.25, 0.3) is 5.70 Å². The lowest BCUT2D eigenvalue weighted by Gasteiger charge is -2.27.